The lowest BCUT2D eigenvalue weighted by Gasteiger charge is -2.08. The number of halogens is 2. The van der Waals surface area contributed by atoms with Gasteiger partial charge in [-0.25, -0.2) is 12.8 Å². The van der Waals surface area contributed by atoms with Gasteiger partial charge in [0.25, 0.3) is 5.91 Å². The summed E-state index contributed by atoms with van der Waals surface area (Å²) in [7, 11) is -3.47. The average molecular weight is 338 g/mol. The number of fused-ring (bicyclic) bond motifs is 1. The smallest absolute Gasteiger partial charge is 0.258 e. The fourth-order valence-electron chi connectivity index (χ4n) is 2.10. The van der Waals surface area contributed by atoms with Gasteiger partial charge in [-0.05, 0) is 42.0 Å². The van der Waals surface area contributed by atoms with Gasteiger partial charge in [0.1, 0.15) is 5.82 Å². The number of amides is 1. The first-order valence-corrected chi connectivity index (χ1v) is 8.13. The Kier molecular flexibility index (Phi) is 3.50. The van der Waals surface area contributed by atoms with E-state index in [0.29, 0.717) is 5.56 Å². The van der Waals surface area contributed by atoms with Gasteiger partial charge in [0.2, 0.25) is 9.84 Å². The van der Waals surface area contributed by atoms with Crippen LogP contribution in [0.4, 0.5) is 10.1 Å². The average Bonchev–Trinajstić information content (AvgIpc) is 2.74. The second kappa shape index (κ2) is 5.23. The number of rotatable bonds is 2. The molecule has 0 saturated heterocycles. The van der Waals surface area contributed by atoms with Gasteiger partial charge in [-0.3, -0.25) is 4.79 Å². The summed E-state index contributed by atoms with van der Waals surface area (Å²) in [5.41, 5.74) is 0.645. The zero-order valence-corrected chi connectivity index (χ0v) is 12.6. The van der Waals surface area contributed by atoms with Crippen molar-refractivity contribution in [3.8, 4) is 0 Å². The van der Waals surface area contributed by atoms with Crippen LogP contribution >= 0.6 is 11.6 Å². The Labute approximate surface area is 131 Å². The van der Waals surface area contributed by atoms with E-state index in [-0.39, 0.29) is 21.2 Å². The molecule has 2 aromatic rings. The standard InChI is InChI=1S/C15H9ClFNO3S/c16-10-2-4-12(13(17)7-10)15(19)18-11-3-1-9-5-6-22(20,21)14(9)8-11/h1-8H,(H,18,19). The number of hydrogen-bond acceptors (Lipinski definition) is 3. The molecule has 0 fully saturated rings. The van der Waals surface area contributed by atoms with Crippen LogP contribution in [0.2, 0.25) is 5.02 Å². The first-order chi connectivity index (χ1) is 10.4. The van der Waals surface area contributed by atoms with Crippen LogP contribution in [-0.2, 0) is 9.84 Å². The fourth-order valence-corrected chi connectivity index (χ4v) is 3.49. The summed E-state index contributed by atoms with van der Waals surface area (Å²) in [5, 5.41) is 3.76. The number of benzene rings is 2. The largest absolute Gasteiger partial charge is 0.322 e. The first kappa shape index (κ1) is 14.7. The number of anilines is 1. The monoisotopic (exact) mass is 337 g/mol. The second-order valence-electron chi connectivity index (χ2n) is 4.68. The van der Waals surface area contributed by atoms with Crippen molar-refractivity contribution in [3.05, 3.63) is 63.8 Å². The Bertz CT molecular complexity index is 922. The third-order valence-electron chi connectivity index (χ3n) is 3.18. The molecule has 7 heteroatoms. The topological polar surface area (TPSA) is 63.2 Å². The third kappa shape index (κ3) is 2.63. The van der Waals surface area contributed by atoms with Crippen LogP contribution < -0.4 is 5.32 Å². The summed E-state index contributed by atoms with van der Waals surface area (Å²) in [5.74, 6) is -1.43. The summed E-state index contributed by atoms with van der Waals surface area (Å²) < 4.78 is 37.3. The predicted molar refractivity (Wildman–Crippen MR) is 82.0 cm³/mol. The van der Waals surface area contributed by atoms with Crippen molar-refractivity contribution in [2.24, 2.45) is 0 Å². The van der Waals surface area contributed by atoms with Gasteiger partial charge in [0.05, 0.1) is 10.5 Å². The van der Waals surface area contributed by atoms with Gasteiger partial charge < -0.3 is 5.32 Å². The SMILES string of the molecule is O=C(Nc1ccc2c(c1)S(=O)(=O)C=C2)c1ccc(Cl)cc1F. The van der Waals surface area contributed by atoms with Crippen LogP contribution in [0.15, 0.2) is 46.7 Å². The van der Waals surface area contributed by atoms with Gasteiger partial charge >= 0.3 is 0 Å². The molecule has 0 saturated carbocycles. The van der Waals surface area contributed by atoms with Crippen LogP contribution in [-0.4, -0.2) is 14.3 Å². The lowest BCUT2D eigenvalue weighted by Crippen LogP contribution is -2.14. The summed E-state index contributed by atoms with van der Waals surface area (Å²) in [6, 6.07) is 8.17. The minimum atomic E-state index is -3.47. The zero-order valence-electron chi connectivity index (χ0n) is 11.0. The Morgan fingerprint density at radius 3 is 2.64 bits per heavy atom. The van der Waals surface area contributed by atoms with E-state index in [1.54, 1.807) is 12.1 Å². The minimum Gasteiger partial charge on any atom is -0.322 e. The van der Waals surface area contributed by atoms with E-state index in [9.17, 15) is 17.6 Å². The molecule has 2 aromatic carbocycles. The predicted octanol–water partition coefficient (Wildman–Crippen LogP) is 3.49. The molecule has 0 aliphatic carbocycles. The van der Waals surface area contributed by atoms with E-state index >= 15 is 0 Å². The van der Waals surface area contributed by atoms with E-state index in [1.807, 2.05) is 0 Å². The fraction of sp³-hybridized carbons (Fsp3) is 0. The van der Waals surface area contributed by atoms with Crippen LogP contribution in [0.3, 0.4) is 0 Å². The third-order valence-corrected chi connectivity index (χ3v) is 4.88. The van der Waals surface area contributed by atoms with E-state index in [1.165, 1.54) is 24.3 Å². The summed E-state index contributed by atoms with van der Waals surface area (Å²) in [6.45, 7) is 0. The van der Waals surface area contributed by atoms with Crippen molar-refractivity contribution in [1.29, 1.82) is 0 Å². The Morgan fingerprint density at radius 1 is 1.14 bits per heavy atom. The molecule has 0 aromatic heterocycles. The van der Waals surface area contributed by atoms with Gasteiger partial charge in [-0.15, -0.1) is 0 Å². The lowest BCUT2D eigenvalue weighted by molar-refractivity contribution is 0.102. The van der Waals surface area contributed by atoms with Crippen LogP contribution in [0, 0.1) is 5.82 Å². The molecule has 1 aliphatic heterocycles. The summed E-state index contributed by atoms with van der Waals surface area (Å²) >= 11 is 5.63. The van der Waals surface area contributed by atoms with E-state index < -0.39 is 21.6 Å². The maximum absolute atomic E-state index is 13.7. The first-order valence-electron chi connectivity index (χ1n) is 6.20. The van der Waals surface area contributed by atoms with Crippen molar-refractivity contribution < 1.29 is 17.6 Å². The van der Waals surface area contributed by atoms with Crippen molar-refractivity contribution >= 4 is 39.1 Å². The van der Waals surface area contributed by atoms with Crippen molar-refractivity contribution in [2.75, 3.05) is 5.32 Å². The molecule has 3 rings (SSSR count). The molecule has 0 unspecified atom stereocenters. The number of carbonyl (C=O) groups excluding carboxylic acids is 1. The molecule has 1 N–H and O–H groups in total. The lowest BCUT2D eigenvalue weighted by atomic mass is 10.1. The number of nitrogens with one attached hydrogen (secondary N) is 1. The summed E-state index contributed by atoms with van der Waals surface area (Å²) in [6.07, 6.45) is 1.48. The number of sulfone groups is 1. The molecule has 0 bridgehead atoms. The zero-order chi connectivity index (χ0) is 15.9. The molecule has 0 atom stereocenters. The maximum Gasteiger partial charge on any atom is 0.258 e. The number of carbonyl (C=O) groups is 1. The maximum atomic E-state index is 13.7. The van der Waals surface area contributed by atoms with E-state index in [0.717, 1.165) is 11.5 Å². The molecule has 0 spiro atoms. The molecule has 4 nitrogen and oxygen atoms in total. The van der Waals surface area contributed by atoms with Crippen LogP contribution in [0.25, 0.3) is 6.08 Å². The van der Waals surface area contributed by atoms with Crippen molar-refractivity contribution in [1.82, 2.24) is 0 Å². The van der Waals surface area contributed by atoms with Crippen molar-refractivity contribution in [2.45, 2.75) is 4.90 Å². The second-order valence-corrected chi connectivity index (χ2v) is 6.92. The van der Waals surface area contributed by atoms with Gasteiger partial charge in [-0.1, -0.05) is 17.7 Å². The van der Waals surface area contributed by atoms with E-state index in [4.69, 9.17) is 11.6 Å². The Morgan fingerprint density at radius 2 is 1.91 bits per heavy atom. The van der Waals surface area contributed by atoms with E-state index in [2.05, 4.69) is 5.32 Å². The summed E-state index contributed by atoms with van der Waals surface area (Å²) in [4.78, 5) is 12.2. The molecule has 1 heterocycles. The van der Waals surface area contributed by atoms with Crippen LogP contribution in [0.1, 0.15) is 15.9 Å². The van der Waals surface area contributed by atoms with Crippen LogP contribution in [0.5, 0.6) is 0 Å². The Hall–Kier alpha value is -2.18. The molecule has 112 valence electrons. The Balaban J connectivity index is 1.90. The highest BCUT2D eigenvalue weighted by Gasteiger charge is 2.21. The molecular weight excluding hydrogens is 329 g/mol. The molecular formula is C15H9ClFNO3S. The van der Waals surface area contributed by atoms with Crippen molar-refractivity contribution in [3.63, 3.8) is 0 Å². The van der Waals surface area contributed by atoms with Gasteiger partial charge in [-0.2, -0.15) is 0 Å². The highest BCUT2D eigenvalue weighted by molar-refractivity contribution is 7.94. The highest BCUT2D eigenvalue weighted by Crippen LogP contribution is 2.29. The molecule has 22 heavy (non-hydrogen) atoms. The normalized spacial score (nSPS) is 14.6. The van der Waals surface area contributed by atoms with Gasteiger partial charge in [0, 0.05) is 16.1 Å². The number of hydrogen-bond donors (Lipinski definition) is 1. The quantitative estimate of drug-likeness (QED) is 0.912. The van der Waals surface area contributed by atoms with Gasteiger partial charge in [0.15, 0.2) is 0 Å². The highest BCUT2D eigenvalue weighted by atomic mass is 35.5. The molecule has 1 aliphatic rings. The molecule has 1 amide bonds. The molecule has 0 radical (unpaired) electrons. The minimum absolute atomic E-state index is 0.113.